The number of nitrogens with one attached hydrogen (secondary N) is 1. The first-order valence-corrected chi connectivity index (χ1v) is 12.2. The third kappa shape index (κ3) is 4.43. The minimum absolute atomic E-state index is 0.0229. The van der Waals surface area contributed by atoms with E-state index in [0.717, 1.165) is 55.0 Å². The van der Waals surface area contributed by atoms with Gasteiger partial charge >= 0.3 is 5.69 Å². The maximum absolute atomic E-state index is 13.8. The van der Waals surface area contributed by atoms with E-state index in [4.69, 9.17) is 4.98 Å². The van der Waals surface area contributed by atoms with Gasteiger partial charge in [-0.3, -0.25) is 18.8 Å². The van der Waals surface area contributed by atoms with Crippen molar-refractivity contribution < 1.29 is 0 Å². The SMILES string of the molecule is CC#CCn1c(CN2CCCNCC2)nc2c1c(=O)n(Cc1nc(C)c3ccccc3n1)c(=O)n2C. The van der Waals surface area contributed by atoms with Crippen molar-refractivity contribution in [3.63, 3.8) is 0 Å². The zero-order valence-corrected chi connectivity index (χ0v) is 20.9. The van der Waals surface area contributed by atoms with Gasteiger partial charge in [-0.2, -0.15) is 0 Å². The Balaban J connectivity index is 1.63. The molecule has 0 bridgehead atoms. The van der Waals surface area contributed by atoms with Crippen molar-refractivity contribution >= 4 is 22.1 Å². The first kappa shape index (κ1) is 23.9. The summed E-state index contributed by atoms with van der Waals surface area (Å²) in [5.74, 6) is 7.14. The van der Waals surface area contributed by atoms with Crippen LogP contribution in [0, 0.1) is 18.8 Å². The molecule has 0 saturated carbocycles. The van der Waals surface area contributed by atoms with Gasteiger partial charge in [-0.15, -0.1) is 5.92 Å². The van der Waals surface area contributed by atoms with E-state index in [1.807, 2.05) is 35.8 Å². The van der Waals surface area contributed by atoms with Crippen LogP contribution in [0.3, 0.4) is 0 Å². The number of para-hydroxylation sites is 1. The lowest BCUT2D eigenvalue weighted by Gasteiger charge is -2.19. The van der Waals surface area contributed by atoms with Crippen molar-refractivity contribution in [1.82, 2.24) is 38.9 Å². The van der Waals surface area contributed by atoms with Crippen LogP contribution in [0.2, 0.25) is 0 Å². The summed E-state index contributed by atoms with van der Waals surface area (Å²) in [7, 11) is 1.65. The second kappa shape index (κ2) is 10.0. The van der Waals surface area contributed by atoms with Crippen LogP contribution >= 0.6 is 0 Å². The molecule has 0 unspecified atom stereocenters. The minimum Gasteiger partial charge on any atom is -0.315 e. The normalized spacial score (nSPS) is 14.6. The molecule has 10 heteroatoms. The Kier molecular flexibility index (Phi) is 6.67. The fourth-order valence-corrected chi connectivity index (χ4v) is 4.77. The van der Waals surface area contributed by atoms with Gasteiger partial charge in [0.05, 0.1) is 25.2 Å². The topological polar surface area (TPSA) is 103 Å². The van der Waals surface area contributed by atoms with Crippen LogP contribution in [-0.4, -0.2) is 59.7 Å². The molecule has 0 spiro atoms. The first-order chi connectivity index (χ1) is 17.5. The number of fused-ring (bicyclic) bond motifs is 2. The summed E-state index contributed by atoms with van der Waals surface area (Å²) in [5.41, 5.74) is 1.48. The van der Waals surface area contributed by atoms with Gasteiger partial charge in [0.2, 0.25) is 0 Å². The van der Waals surface area contributed by atoms with Crippen molar-refractivity contribution in [3.05, 3.63) is 62.4 Å². The Morgan fingerprint density at radius 3 is 2.69 bits per heavy atom. The maximum Gasteiger partial charge on any atom is 0.332 e. The Labute approximate surface area is 208 Å². The van der Waals surface area contributed by atoms with Crippen molar-refractivity contribution in [3.8, 4) is 11.8 Å². The van der Waals surface area contributed by atoms with Crippen LogP contribution in [0.15, 0.2) is 33.9 Å². The van der Waals surface area contributed by atoms with Crippen LogP contribution in [0.1, 0.15) is 30.7 Å². The smallest absolute Gasteiger partial charge is 0.315 e. The van der Waals surface area contributed by atoms with Crippen molar-refractivity contribution in [2.24, 2.45) is 7.05 Å². The molecule has 186 valence electrons. The molecule has 1 saturated heterocycles. The van der Waals surface area contributed by atoms with E-state index in [9.17, 15) is 9.59 Å². The molecule has 1 aromatic carbocycles. The molecule has 36 heavy (non-hydrogen) atoms. The molecular formula is C26H30N8O2. The Morgan fingerprint density at radius 1 is 1.03 bits per heavy atom. The van der Waals surface area contributed by atoms with E-state index >= 15 is 0 Å². The Hall–Kier alpha value is -3.81. The zero-order valence-electron chi connectivity index (χ0n) is 20.9. The van der Waals surface area contributed by atoms with Gasteiger partial charge < -0.3 is 9.88 Å². The number of hydrogen-bond acceptors (Lipinski definition) is 7. The van der Waals surface area contributed by atoms with Gasteiger partial charge in [-0.25, -0.2) is 19.7 Å². The van der Waals surface area contributed by atoms with E-state index in [1.165, 1.54) is 9.13 Å². The molecule has 1 aliphatic rings. The third-order valence-electron chi connectivity index (χ3n) is 6.66. The number of hydrogen-bond donors (Lipinski definition) is 1. The second-order valence-corrected chi connectivity index (χ2v) is 9.07. The summed E-state index contributed by atoms with van der Waals surface area (Å²) < 4.78 is 4.49. The molecule has 10 nitrogen and oxygen atoms in total. The maximum atomic E-state index is 13.8. The highest BCUT2D eigenvalue weighted by molar-refractivity contribution is 5.80. The van der Waals surface area contributed by atoms with Crippen LogP contribution in [0.4, 0.5) is 0 Å². The van der Waals surface area contributed by atoms with Crippen LogP contribution in [0.25, 0.3) is 22.1 Å². The van der Waals surface area contributed by atoms with E-state index in [0.29, 0.717) is 30.1 Å². The molecule has 4 aromatic rings. The molecule has 5 rings (SSSR count). The third-order valence-corrected chi connectivity index (χ3v) is 6.66. The fraction of sp³-hybridized carbons (Fsp3) is 0.423. The molecule has 1 aliphatic heterocycles. The van der Waals surface area contributed by atoms with E-state index < -0.39 is 11.2 Å². The first-order valence-electron chi connectivity index (χ1n) is 12.2. The van der Waals surface area contributed by atoms with Crippen LogP contribution in [-0.2, 0) is 26.7 Å². The highest BCUT2D eigenvalue weighted by Gasteiger charge is 2.22. The van der Waals surface area contributed by atoms with Gasteiger partial charge in [0.15, 0.2) is 11.2 Å². The molecule has 1 fully saturated rings. The van der Waals surface area contributed by atoms with Gasteiger partial charge in [0.25, 0.3) is 5.56 Å². The summed E-state index contributed by atoms with van der Waals surface area (Å²) in [5, 5.41) is 4.35. The molecule has 3 aromatic heterocycles. The van der Waals surface area contributed by atoms with Crippen molar-refractivity contribution in [2.75, 3.05) is 26.2 Å². The Bertz CT molecular complexity index is 1610. The Morgan fingerprint density at radius 2 is 1.86 bits per heavy atom. The van der Waals surface area contributed by atoms with E-state index in [2.05, 4.69) is 32.0 Å². The lowest BCUT2D eigenvalue weighted by molar-refractivity contribution is 0.274. The van der Waals surface area contributed by atoms with Gasteiger partial charge in [0.1, 0.15) is 11.6 Å². The summed E-state index contributed by atoms with van der Waals surface area (Å²) in [6.45, 7) is 8.30. The number of aryl methyl sites for hydroxylation is 2. The van der Waals surface area contributed by atoms with Gasteiger partial charge in [-0.1, -0.05) is 24.1 Å². The van der Waals surface area contributed by atoms with Crippen LogP contribution < -0.4 is 16.6 Å². The van der Waals surface area contributed by atoms with Gasteiger partial charge in [-0.05, 0) is 39.4 Å². The quantitative estimate of drug-likeness (QED) is 0.420. The predicted octanol–water partition coefficient (Wildman–Crippen LogP) is 1.02. The fourth-order valence-electron chi connectivity index (χ4n) is 4.77. The number of benzene rings is 1. The summed E-state index contributed by atoms with van der Waals surface area (Å²) in [4.78, 5) is 43.3. The van der Waals surface area contributed by atoms with Crippen LogP contribution in [0.5, 0.6) is 0 Å². The standard InChI is InChI=1S/C26H30N8O2/c1-4-5-14-33-22(17-32-13-8-11-27-12-15-32)30-24-23(33)25(35)34(26(36)31(24)3)16-21-28-18(2)19-9-6-7-10-20(19)29-21/h6-7,9-10,27H,8,11-17H2,1-3H3. The van der Waals surface area contributed by atoms with Crippen molar-refractivity contribution in [1.29, 1.82) is 0 Å². The zero-order chi connectivity index (χ0) is 25.2. The largest absolute Gasteiger partial charge is 0.332 e. The monoisotopic (exact) mass is 486 g/mol. The highest BCUT2D eigenvalue weighted by atomic mass is 16.2. The average molecular weight is 487 g/mol. The minimum atomic E-state index is -0.446. The number of aromatic nitrogens is 6. The predicted molar refractivity (Wildman–Crippen MR) is 139 cm³/mol. The molecule has 1 N–H and O–H groups in total. The van der Waals surface area contributed by atoms with Crippen molar-refractivity contribution in [2.45, 2.75) is 39.9 Å². The molecule has 0 amide bonds. The molecule has 0 atom stereocenters. The van der Waals surface area contributed by atoms with E-state index in [1.54, 1.807) is 14.0 Å². The summed E-state index contributed by atoms with van der Waals surface area (Å²) in [6, 6.07) is 7.71. The lowest BCUT2D eigenvalue weighted by atomic mass is 10.2. The molecular weight excluding hydrogens is 456 g/mol. The highest BCUT2D eigenvalue weighted by Crippen LogP contribution is 2.16. The molecule has 0 radical (unpaired) electrons. The summed E-state index contributed by atoms with van der Waals surface area (Å²) >= 11 is 0. The average Bonchev–Trinajstić information content (AvgIpc) is 3.03. The number of rotatable bonds is 5. The molecule has 4 heterocycles. The summed E-state index contributed by atoms with van der Waals surface area (Å²) in [6.07, 6.45) is 1.05. The number of imidazole rings is 1. The van der Waals surface area contributed by atoms with E-state index in [-0.39, 0.29) is 6.54 Å². The van der Waals surface area contributed by atoms with Gasteiger partial charge in [0, 0.05) is 31.2 Å². The number of nitrogens with zero attached hydrogens (tertiary/aromatic N) is 7. The lowest BCUT2D eigenvalue weighted by Crippen LogP contribution is -2.40. The molecule has 0 aliphatic carbocycles. The second-order valence-electron chi connectivity index (χ2n) is 9.07.